The van der Waals surface area contributed by atoms with Crippen LogP contribution in [0.4, 0.5) is 5.69 Å². The van der Waals surface area contributed by atoms with Crippen LogP contribution in [0.3, 0.4) is 0 Å². The van der Waals surface area contributed by atoms with Gasteiger partial charge in [-0.1, -0.05) is 0 Å². The molecular formula is C13H12N2O3S. The molecule has 0 amide bonds. The van der Waals surface area contributed by atoms with Crippen LogP contribution in [0.1, 0.15) is 16.1 Å². The Bertz CT molecular complexity index is 564. The van der Waals surface area contributed by atoms with E-state index in [1.807, 2.05) is 6.07 Å². The van der Waals surface area contributed by atoms with Gasteiger partial charge in [0.15, 0.2) is 5.11 Å². The van der Waals surface area contributed by atoms with Gasteiger partial charge in [-0.15, -0.1) is 0 Å². The first-order valence-corrected chi connectivity index (χ1v) is 5.96. The summed E-state index contributed by atoms with van der Waals surface area (Å²) in [4.78, 5) is 10.7. The van der Waals surface area contributed by atoms with Gasteiger partial charge in [0.05, 0.1) is 18.4 Å². The van der Waals surface area contributed by atoms with Gasteiger partial charge in [0, 0.05) is 5.69 Å². The smallest absolute Gasteiger partial charge is 0.335 e. The van der Waals surface area contributed by atoms with Crippen molar-refractivity contribution in [3.63, 3.8) is 0 Å². The molecule has 3 N–H and O–H groups in total. The van der Waals surface area contributed by atoms with Crippen molar-refractivity contribution in [2.75, 3.05) is 5.32 Å². The Balaban J connectivity index is 1.86. The SMILES string of the molecule is O=C(O)c1ccc(NC(=S)NCc2ccco2)cc1. The second-order valence-corrected chi connectivity index (χ2v) is 4.18. The highest BCUT2D eigenvalue weighted by Gasteiger charge is 2.03. The molecule has 6 heteroatoms. The first-order valence-electron chi connectivity index (χ1n) is 5.56. The van der Waals surface area contributed by atoms with Crippen LogP contribution in [0.5, 0.6) is 0 Å². The number of hydrogen-bond donors (Lipinski definition) is 3. The van der Waals surface area contributed by atoms with Gasteiger partial charge in [-0.25, -0.2) is 4.79 Å². The topological polar surface area (TPSA) is 74.5 Å². The number of carbonyl (C=O) groups is 1. The van der Waals surface area contributed by atoms with Crippen LogP contribution in [-0.4, -0.2) is 16.2 Å². The van der Waals surface area contributed by atoms with Crippen molar-refractivity contribution < 1.29 is 14.3 Å². The molecule has 0 bridgehead atoms. The number of aromatic carboxylic acids is 1. The second-order valence-electron chi connectivity index (χ2n) is 3.77. The third-order valence-corrected chi connectivity index (χ3v) is 2.64. The molecule has 0 aliphatic heterocycles. The number of hydrogen-bond acceptors (Lipinski definition) is 3. The predicted octanol–water partition coefficient (Wildman–Crippen LogP) is 2.46. The van der Waals surface area contributed by atoms with E-state index in [1.165, 1.54) is 12.1 Å². The third kappa shape index (κ3) is 3.82. The quantitative estimate of drug-likeness (QED) is 0.745. The van der Waals surface area contributed by atoms with Gasteiger partial charge in [-0.2, -0.15) is 0 Å². The van der Waals surface area contributed by atoms with E-state index in [2.05, 4.69) is 10.6 Å². The lowest BCUT2D eigenvalue weighted by molar-refractivity contribution is 0.0697. The highest BCUT2D eigenvalue weighted by molar-refractivity contribution is 7.80. The van der Waals surface area contributed by atoms with Crippen molar-refractivity contribution in [1.29, 1.82) is 0 Å². The summed E-state index contributed by atoms with van der Waals surface area (Å²) in [6.07, 6.45) is 1.60. The summed E-state index contributed by atoms with van der Waals surface area (Å²) in [7, 11) is 0. The molecule has 0 aliphatic rings. The van der Waals surface area contributed by atoms with E-state index in [0.717, 1.165) is 11.4 Å². The summed E-state index contributed by atoms with van der Waals surface area (Å²) in [5, 5.41) is 15.2. The number of nitrogens with one attached hydrogen (secondary N) is 2. The van der Waals surface area contributed by atoms with E-state index in [-0.39, 0.29) is 5.56 Å². The standard InChI is InChI=1S/C13H12N2O3S/c16-12(17)9-3-5-10(6-4-9)15-13(19)14-8-11-2-1-7-18-11/h1-7H,8H2,(H,16,17)(H2,14,15,19). The van der Waals surface area contributed by atoms with Crippen molar-refractivity contribution in [3.8, 4) is 0 Å². The first kappa shape index (κ1) is 13.1. The summed E-state index contributed by atoms with van der Waals surface area (Å²) >= 11 is 5.11. The van der Waals surface area contributed by atoms with Crippen LogP contribution in [-0.2, 0) is 6.54 Å². The van der Waals surface area contributed by atoms with E-state index in [1.54, 1.807) is 24.5 Å². The van der Waals surface area contributed by atoms with Gasteiger partial charge >= 0.3 is 5.97 Å². The average Bonchev–Trinajstić information content (AvgIpc) is 2.90. The zero-order valence-corrected chi connectivity index (χ0v) is 10.7. The lowest BCUT2D eigenvalue weighted by atomic mass is 10.2. The third-order valence-electron chi connectivity index (χ3n) is 2.39. The Kier molecular flexibility index (Phi) is 4.15. The molecule has 0 spiro atoms. The molecule has 1 heterocycles. The largest absolute Gasteiger partial charge is 0.478 e. The molecule has 1 aromatic heterocycles. The average molecular weight is 276 g/mol. The molecule has 2 aromatic rings. The molecule has 98 valence electrons. The molecule has 0 fully saturated rings. The fraction of sp³-hybridized carbons (Fsp3) is 0.0769. The number of carboxylic acid groups (broad SMARTS) is 1. The predicted molar refractivity (Wildman–Crippen MR) is 75.2 cm³/mol. The van der Waals surface area contributed by atoms with E-state index in [9.17, 15) is 4.79 Å². The van der Waals surface area contributed by atoms with Crippen LogP contribution in [0.25, 0.3) is 0 Å². The van der Waals surface area contributed by atoms with E-state index in [0.29, 0.717) is 11.7 Å². The van der Waals surface area contributed by atoms with Crippen LogP contribution in [0, 0.1) is 0 Å². The summed E-state index contributed by atoms with van der Waals surface area (Å²) in [5.74, 6) is -0.171. The van der Waals surface area contributed by atoms with E-state index in [4.69, 9.17) is 21.7 Å². The number of benzene rings is 1. The zero-order valence-electron chi connectivity index (χ0n) is 9.92. The number of thiocarbonyl (C=S) groups is 1. The molecule has 0 unspecified atom stereocenters. The molecule has 0 radical (unpaired) electrons. The minimum absolute atomic E-state index is 0.236. The summed E-state index contributed by atoms with van der Waals surface area (Å²) in [6, 6.07) is 9.99. The number of carboxylic acids is 1. The molecule has 0 aliphatic carbocycles. The first-order chi connectivity index (χ1) is 9.15. The monoisotopic (exact) mass is 276 g/mol. The lowest BCUT2D eigenvalue weighted by Crippen LogP contribution is -2.27. The fourth-order valence-electron chi connectivity index (χ4n) is 1.45. The van der Waals surface area contributed by atoms with Crippen molar-refractivity contribution in [1.82, 2.24) is 5.32 Å². The van der Waals surface area contributed by atoms with E-state index >= 15 is 0 Å². The molecule has 19 heavy (non-hydrogen) atoms. The maximum Gasteiger partial charge on any atom is 0.335 e. The molecule has 5 nitrogen and oxygen atoms in total. The minimum Gasteiger partial charge on any atom is -0.478 e. The summed E-state index contributed by atoms with van der Waals surface area (Å²) < 4.78 is 5.16. The minimum atomic E-state index is -0.954. The maximum absolute atomic E-state index is 10.7. The Morgan fingerprint density at radius 1 is 1.26 bits per heavy atom. The summed E-state index contributed by atoms with van der Waals surface area (Å²) in [5.41, 5.74) is 0.960. The van der Waals surface area contributed by atoms with Crippen LogP contribution < -0.4 is 10.6 Å². The zero-order chi connectivity index (χ0) is 13.7. The fourth-order valence-corrected chi connectivity index (χ4v) is 1.64. The van der Waals surface area contributed by atoms with Gasteiger partial charge in [0.2, 0.25) is 0 Å². The Hall–Kier alpha value is -2.34. The van der Waals surface area contributed by atoms with Gasteiger partial charge in [-0.3, -0.25) is 0 Å². The van der Waals surface area contributed by atoms with Gasteiger partial charge in [0.1, 0.15) is 5.76 Å². The molecule has 0 atom stereocenters. The highest BCUT2D eigenvalue weighted by Crippen LogP contribution is 2.09. The van der Waals surface area contributed by atoms with Gasteiger partial charge in [-0.05, 0) is 48.6 Å². The maximum atomic E-state index is 10.7. The Labute approximate surface area is 115 Å². The van der Waals surface area contributed by atoms with Crippen LogP contribution in [0.2, 0.25) is 0 Å². The van der Waals surface area contributed by atoms with Gasteiger partial charge < -0.3 is 20.2 Å². The van der Waals surface area contributed by atoms with Crippen LogP contribution >= 0.6 is 12.2 Å². The second kappa shape index (κ2) is 6.01. The summed E-state index contributed by atoms with van der Waals surface area (Å²) in [6.45, 7) is 0.492. The van der Waals surface area contributed by atoms with E-state index < -0.39 is 5.97 Å². The Morgan fingerprint density at radius 2 is 2.00 bits per heavy atom. The molecule has 1 aromatic carbocycles. The molecular weight excluding hydrogens is 264 g/mol. The Morgan fingerprint density at radius 3 is 2.58 bits per heavy atom. The number of furan rings is 1. The molecule has 2 rings (SSSR count). The molecule has 0 saturated carbocycles. The van der Waals surface area contributed by atoms with Crippen molar-refractivity contribution in [2.24, 2.45) is 0 Å². The van der Waals surface area contributed by atoms with Crippen molar-refractivity contribution in [3.05, 3.63) is 54.0 Å². The molecule has 0 saturated heterocycles. The normalized spacial score (nSPS) is 9.89. The lowest BCUT2D eigenvalue weighted by Gasteiger charge is -2.09. The number of rotatable bonds is 4. The van der Waals surface area contributed by atoms with Gasteiger partial charge in [0.25, 0.3) is 0 Å². The van der Waals surface area contributed by atoms with Crippen LogP contribution in [0.15, 0.2) is 47.1 Å². The van der Waals surface area contributed by atoms with Crippen molar-refractivity contribution in [2.45, 2.75) is 6.54 Å². The highest BCUT2D eigenvalue weighted by atomic mass is 32.1. The van der Waals surface area contributed by atoms with Crippen molar-refractivity contribution >= 4 is 29.0 Å². The number of anilines is 1.